The Morgan fingerprint density at radius 3 is 1.25 bits per heavy atom. The summed E-state index contributed by atoms with van der Waals surface area (Å²) < 4.78 is 11.0. The van der Waals surface area contributed by atoms with Crippen molar-refractivity contribution < 1.29 is 19.1 Å². The first kappa shape index (κ1) is 20.8. The van der Waals surface area contributed by atoms with Crippen LogP contribution in [0.1, 0.15) is 25.0 Å². The van der Waals surface area contributed by atoms with Crippen molar-refractivity contribution in [1.29, 1.82) is 0 Å². The lowest BCUT2D eigenvalue weighted by atomic mass is 9.92. The number of esters is 2. The van der Waals surface area contributed by atoms with E-state index >= 15 is 0 Å². The van der Waals surface area contributed by atoms with E-state index < -0.39 is 0 Å². The van der Waals surface area contributed by atoms with Crippen LogP contribution in [0.15, 0.2) is 48.5 Å². The fourth-order valence-corrected chi connectivity index (χ4v) is 3.40. The van der Waals surface area contributed by atoms with Crippen LogP contribution in [0.25, 0.3) is 21.5 Å². The Bertz CT molecular complexity index is 889. The highest BCUT2D eigenvalue weighted by atomic mass is 79.9. The maximum atomic E-state index is 12.0. The molecule has 0 amide bonds. The SMILES string of the molecule is CC(Br)C(=O)OCc1c2ccccc2c(COC(=O)C(C)Br)c2ccccc12. The normalized spacial score (nSPS) is 13.3. The van der Waals surface area contributed by atoms with Crippen molar-refractivity contribution in [1.82, 2.24) is 0 Å². The summed E-state index contributed by atoms with van der Waals surface area (Å²) >= 11 is 6.49. The Labute approximate surface area is 180 Å². The maximum Gasteiger partial charge on any atom is 0.319 e. The van der Waals surface area contributed by atoms with E-state index in [2.05, 4.69) is 31.9 Å². The molecule has 0 bridgehead atoms. The molecule has 0 aliphatic rings. The van der Waals surface area contributed by atoms with Crippen LogP contribution < -0.4 is 0 Å². The summed E-state index contributed by atoms with van der Waals surface area (Å²) in [6.45, 7) is 3.82. The van der Waals surface area contributed by atoms with E-state index in [4.69, 9.17) is 9.47 Å². The van der Waals surface area contributed by atoms with Crippen molar-refractivity contribution in [2.45, 2.75) is 36.7 Å². The first-order valence-electron chi connectivity index (χ1n) is 8.92. The zero-order valence-electron chi connectivity index (χ0n) is 15.6. The highest BCUT2D eigenvalue weighted by Gasteiger charge is 2.18. The minimum Gasteiger partial charge on any atom is -0.460 e. The lowest BCUT2D eigenvalue weighted by molar-refractivity contribution is -0.144. The van der Waals surface area contributed by atoms with E-state index in [0.29, 0.717) is 0 Å². The minimum atomic E-state index is -0.366. The Kier molecular flexibility index (Phi) is 6.73. The molecule has 146 valence electrons. The van der Waals surface area contributed by atoms with E-state index in [-0.39, 0.29) is 34.8 Å². The number of hydrogen-bond acceptors (Lipinski definition) is 4. The standard InChI is InChI=1S/C22H20Br2O4/c1-13(23)21(25)27-11-19-15-7-3-5-9-17(15)20(12-28-22(26)14(2)24)18-10-6-4-8-16(18)19/h3-10,13-14H,11-12H2,1-2H3. The van der Waals surface area contributed by atoms with Gasteiger partial charge in [0.15, 0.2) is 0 Å². The number of hydrogen-bond donors (Lipinski definition) is 0. The molecule has 6 heteroatoms. The molecule has 4 nitrogen and oxygen atoms in total. The van der Waals surface area contributed by atoms with Gasteiger partial charge in [0, 0.05) is 11.1 Å². The summed E-state index contributed by atoms with van der Waals surface area (Å²) in [6, 6.07) is 15.8. The zero-order chi connectivity index (χ0) is 20.3. The number of rotatable bonds is 6. The Morgan fingerprint density at radius 2 is 1.00 bits per heavy atom. The van der Waals surface area contributed by atoms with E-state index in [1.165, 1.54) is 0 Å². The van der Waals surface area contributed by atoms with Crippen LogP contribution in [0.2, 0.25) is 0 Å². The van der Waals surface area contributed by atoms with Gasteiger partial charge in [-0.3, -0.25) is 9.59 Å². The molecule has 28 heavy (non-hydrogen) atoms. The first-order chi connectivity index (χ1) is 13.4. The third kappa shape index (κ3) is 4.39. The van der Waals surface area contributed by atoms with Gasteiger partial charge in [-0.05, 0) is 35.4 Å². The molecule has 0 N–H and O–H groups in total. The van der Waals surface area contributed by atoms with Crippen LogP contribution in [0, 0.1) is 0 Å². The third-order valence-electron chi connectivity index (χ3n) is 4.52. The molecule has 3 aromatic carbocycles. The molecule has 0 radical (unpaired) electrons. The fraction of sp³-hybridized carbons (Fsp3) is 0.273. The number of alkyl halides is 2. The highest BCUT2D eigenvalue weighted by molar-refractivity contribution is 9.10. The largest absolute Gasteiger partial charge is 0.460 e. The second-order valence-corrected chi connectivity index (χ2v) is 9.24. The van der Waals surface area contributed by atoms with Gasteiger partial charge >= 0.3 is 11.9 Å². The van der Waals surface area contributed by atoms with Crippen molar-refractivity contribution in [3.8, 4) is 0 Å². The van der Waals surface area contributed by atoms with E-state index in [9.17, 15) is 9.59 Å². The monoisotopic (exact) mass is 506 g/mol. The minimum absolute atomic E-state index is 0.175. The number of fused-ring (bicyclic) bond motifs is 2. The lowest BCUT2D eigenvalue weighted by Crippen LogP contribution is -2.15. The molecule has 0 aliphatic heterocycles. The molecule has 2 unspecified atom stereocenters. The van der Waals surface area contributed by atoms with Crippen LogP contribution in [0.5, 0.6) is 0 Å². The van der Waals surface area contributed by atoms with Crippen LogP contribution >= 0.6 is 31.9 Å². The van der Waals surface area contributed by atoms with Crippen LogP contribution in [0.4, 0.5) is 0 Å². The topological polar surface area (TPSA) is 52.6 Å². The van der Waals surface area contributed by atoms with Crippen molar-refractivity contribution in [2.24, 2.45) is 0 Å². The Morgan fingerprint density at radius 1 is 0.714 bits per heavy atom. The van der Waals surface area contributed by atoms with Gasteiger partial charge in [0.2, 0.25) is 0 Å². The Balaban J connectivity index is 2.13. The van der Waals surface area contributed by atoms with Gasteiger partial charge in [0.25, 0.3) is 0 Å². The summed E-state index contributed by atoms with van der Waals surface area (Å²) in [6.07, 6.45) is 0. The second-order valence-electron chi connectivity index (χ2n) is 6.50. The number of benzene rings is 3. The molecule has 0 aliphatic carbocycles. The van der Waals surface area contributed by atoms with Crippen molar-refractivity contribution in [2.75, 3.05) is 0 Å². The molecule has 0 heterocycles. The molecule has 3 aromatic rings. The number of halogens is 2. The molecule has 3 rings (SSSR count). The molecule has 0 spiro atoms. The maximum absolute atomic E-state index is 12.0. The number of carbonyl (C=O) groups is 2. The summed E-state index contributed by atoms with van der Waals surface area (Å²) in [4.78, 5) is 23.2. The van der Waals surface area contributed by atoms with Crippen LogP contribution in [-0.4, -0.2) is 21.6 Å². The summed E-state index contributed by atoms with van der Waals surface area (Å²) in [5.41, 5.74) is 1.88. The average Bonchev–Trinajstić information content (AvgIpc) is 2.69. The van der Waals surface area contributed by atoms with Crippen molar-refractivity contribution >= 4 is 65.3 Å². The zero-order valence-corrected chi connectivity index (χ0v) is 18.7. The van der Waals surface area contributed by atoms with E-state index in [0.717, 1.165) is 32.7 Å². The van der Waals surface area contributed by atoms with Gasteiger partial charge in [-0.1, -0.05) is 80.4 Å². The van der Waals surface area contributed by atoms with Crippen molar-refractivity contribution in [3.63, 3.8) is 0 Å². The predicted molar refractivity (Wildman–Crippen MR) is 118 cm³/mol. The summed E-state index contributed by atoms with van der Waals surface area (Å²) in [7, 11) is 0. The van der Waals surface area contributed by atoms with Gasteiger partial charge in [0.05, 0.1) is 0 Å². The fourth-order valence-electron chi connectivity index (χ4n) is 3.14. The van der Waals surface area contributed by atoms with Crippen LogP contribution in [0.3, 0.4) is 0 Å². The molecule has 2 atom stereocenters. The van der Waals surface area contributed by atoms with Gasteiger partial charge in [0.1, 0.15) is 22.9 Å². The summed E-state index contributed by atoms with van der Waals surface area (Å²) in [5.74, 6) is -0.616. The predicted octanol–water partition coefficient (Wildman–Crippen LogP) is 5.65. The van der Waals surface area contributed by atoms with Crippen LogP contribution in [-0.2, 0) is 32.3 Å². The first-order valence-corrected chi connectivity index (χ1v) is 10.8. The van der Waals surface area contributed by atoms with Crippen molar-refractivity contribution in [3.05, 3.63) is 59.7 Å². The number of ether oxygens (including phenoxy) is 2. The quantitative estimate of drug-likeness (QED) is 0.246. The molecule has 0 aromatic heterocycles. The van der Waals surface area contributed by atoms with E-state index in [1.54, 1.807) is 13.8 Å². The lowest BCUT2D eigenvalue weighted by Gasteiger charge is -2.17. The van der Waals surface area contributed by atoms with Gasteiger partial charge in [-0.2, -0.15) is 0 Å². The summed E-state index contributed by atoms with van der Waals surface area (Å²) in [5, 5.41) is 3.92. The number of carbonyl (C=O) groups excluding carboxylic acids is 2. The smallest absolute Gasteiger partial charge is 0.319 e. The molecule has 0 saturated carbocycles. The van der Waals surface area contributed by atoms with E-state index in [1.807, 2.05) is 48.5 Å². The Hall–Kier alpha value is -1.92. The molecule has 0 saturated heterocycles. The third-order valence-corrected chi connectivity index (χ3v) is 5.27. The van der Waals surface area contributed by atoms with Gasteiger partial charge in [-0.25, -0.2) is 0 Å². The highest BCUT2D eigenvalue weighted by Crippen LogP contribution is 2.34. The van der Waals surface area contributed by atoms with Gasteiger partial charge in [-0.15, -0.1) is 0 Å². The molecular weight excluding hydrogens is 488 g/mol. The van der Waals surface area contributed by atoms with Gasteiger partial charge < -0.3 is 9.47 Å². The molecule has 0 fully saturated rings. The second kappa shape index (κ2) is 9.05. The average molecular weight is 508 g/mol. The molecular formula is C22H20Br2O4.